The summed E-state index contributed by atoms with van der Waals surface area (Å²) >= 11 is 6.35. The van der Waals surface area contributed by atoms with Crippen molar-refractivity contribution in [2.45, 2.75) is 31.8 Å². The van der Waals surface area contributed by atoms with Gasteiger partial charge >= 0.3 is 0 Å². The summed E-state index contributed by atoms with van der Waals surface area (Å²) in [7, 11) is 6.05. The molecule has 2 radical (unpaired) electrons. The van der Waals surface area contributed by atoms with Crippen LogP contribution in [0, 0.1) is 0 Å². The van der Waals surface area contributed by atoms with Crippen LogP contribution in [0.15, 0.2) is 36.5 Å². The van der Waals surface area contributed by atoms with Crippen molar-refractivity contribution in [1.29, 1.82) is 0 Å². The zero-order valence-corrected chi connectivity index (χ0v) is 17.4. The lowest BCUT2D eigenvalue weighted by Gasteiger charge is -2.12. The van der Waals surface area contributed by atoms with Crippen LogP contribution in [0.1, 0.15) is 25.7 Å². The van der Waals surface area contributed by atoms with Gasteiger partial charge in [0.25, 0.3) is 0 Å². The van der Waals surface area contributed by atoms with Gasteiger partial charge in [-0.15, -0.1) is 0 Å². The third-order valence-electron chi connectivity index (χ3n) is 5.08. The smallest absolute Gasteiger partial charge is 0.249 e. The monoisotopic (exact) mass is 423 g/mol. The molecule has 0 spiro atoms. The summed E-state index contributed by atoms with van der Waals surface area (Å²) in [6, 6.07) is 9.48. The lowest BCUT2D eigenvalue weighted by Crippen LogP contribution is -2.34. The molecule has 1 aromatic carbocycles. The summed E-state index contributed by atoms with van der Waals surface area (Å²) in [6.45, 7) is 2.03. The molecule has 0 bridgehead atoms. The number of ether oxygens (including phenoxy) is 1. The lowest BCUT2D eigenvalue weighted by molar-refractivity contribution is -0.130. The van der Waals surface area contributed by atoms with Gasteiger partial charge in [0, 0.05) is 42.5 Å². The molecule has 9 heteroatoms. The number of aromatic nitrogens is 3. The Kier molecular flexibility index (Phi) is 6.54. The largest absolute Gasteiger partial charge is 0.370 e. The second kappa shape index (κ2) is 9.49. The van der Waals surface area contributed by atoms with Gasteiger partial charge in [0.15, 0.2) is 5.65 Å². The molecule has 154 valence electrons. The predicted octanol–water partition coefficient (Wildman–Crippen LogP) is 2.33. The Morgan fingerprint density at radius 1 is 1.30 bits per heavy atom. The van der Waals surface area contributed by atoms with Crippen LogP contribution < -0.4 is 16.1 Å². The van der Waals surface area contributed by atoms with Crippen LogP contribution in [-0.4, -0.2) is 54.2 Å². The van der Waals surface area contributed by atoms with Gasteiger partial charge in [-0.1, -0.05) is 29.8 Å². The van der Waals surface area contributed by atoms with Gasteiger partial charge in [-0.25, -0.2) is 4.98 Å². The average molecular weight is 424 g/mol. The molecule has 1 unspecified atom stereocenters. The Balaban J connectivity index is 1.37. The van der Waals surface area contributed by atoms with Crippen LogP contribution in [0.4, 0.5) is 5.82 Å². The van der Waals surface area contributed by atoms with Crippen molar-refractivity contribution in [3.63, 3.8) is 0 Å². The minimum atomic E-state index is -0.276. The maximum absolute atomic E-state index is 12.0. The number of nitrogens with one attached hydrogen (secondary N) is 2. The molecule has 4 rings (SSSR count). The molecular weight excluding hydrogens is 401 g/mol. The summed E-state index contributed by atoms with van der Waals surface area (Å²) in [5.74, 6) is 0.780. The Bertz CT molecular complexity index is 1040. The fourth-order valence-electron chi connectivity index (χ4n) is 3.49. The molecule has 0 saturated carbocycles. The number of anilines is 1. The van der Waals surface area contributed by atoms with Crippen molar-refractivity contribution in [1.82, 2.24) is 19.9 Å². The number of halogens is 1. The van der Waals surface area contributed by atoms with E-state index in [2.05, 4.69) is 20.7 Å². The quantitative estimate of drug-likeness (QED) is 0.429. The van der Waals surface area contributed by atoms with E-state index in [1.54, 1.807) is 10.7 Å². The summed E-state index contributed by atoms with van der Waals surface area (Å²) in [5, 5.41) is 11.3. The molecule has 1 amide bonds. The normalized spacial score (nSPS) is 16.1. The Hall–Kier alpha value is -2.58. The number of rotatable bonds is 8. The molecule has 3 heterocycles. The van der Waals surface area contributed by atoms with Gasteiger partial charge in [0.2, 0.25) is 5.91 Å². The van der Waals surface area contributed by atoms with E-state index in [-0.39, 0.29) is 12.0 Å². The number of unbranched alkanes of at least 4 members (excludes halogenated alkanes) is 1. The number of fused-ring (bicyclic) bond motifs is 1. The number of hydrogen-bond acceptors (Lipinski definition) is 5. The highest BCUT2D eigenvalue weighted by Crippen LogP contribution is 2.28. The molecule has 1 fully saturated rings. The van der Waals surface area contributed by atoms with Crippen LogP contribution in [0.25, 0.3) is 16.9 Å². The third kappa shape index (κ3) is 4.60. The van der Waals surface area contributed by atoms with Crippen molar-refractivity contribution in [3.05, 3.63) is 41.6 Å². The summed E-state index contributed by atoms with van der Waals surface area (Å²) in [6.07, 6.45) is 4.82. The summed E-state index contributed by atoms with van der Waals surface area (Å²) in [5.41, 5.74) is 2.65. The van der Waals surface area contributed by atoms with Gasteiger partial charge in [0.1, 0.15) is 19.8 Å². The molecule has 7 nitrogen and oxygen atoms in total. The van der Waals surface area contributed by atoms with Crippen LogP contribution in [0.5, 0.6) is 0 Å². The van der Waals surface area contributed by atoms with E-state index in [9.17, 15) is 4.79 Å². The molecule has 30 heavy (non-hydrogen) atoms. The van der Waals surface area contributed by atoms with E-state index in [0.717, 1.165) is 49.3 Å². The van der Waals surface area contributed by atoms with Crippen molar-refractivity contribution < 1.29 is 9.53 Å². The standard InChI is InChI=1S/C21H23BClN5O2/c22-15-13-26-28-19(12-17(27-20(15)28)14-6-1-2-7-16(14)23)24-9-3-4-10-25-21(29)18-8-5-11-30-18/h1-2,6-7,12-13,18,24H,3-5,8-11H2,(H,25,29). The molecular formula is C21H23BClN5O2. The van der Waals surface area contributed by atoms with E-state index >= 15 is 0 Å². The summed E-state index contributed by atoms with van der Waals surface area (Å²) < 4.78 is 7.08. The van der Waals surface area contributed by atoms with Gasteiger partial charge in [0.05, 0.1) is 5.69 Å². The fourth-order valence-corrected chi connectivity index (χ4v) is 3.72. The van der Waals surface area contributed by atoms with Crippen LogP contribution in [-0.2, 0) is 9.53 Å². The lowest BCUT2D eigenvalue weighted by atomic mass is 10.0. The molecule has 1 atom stereocenters. The summed E-state index contributed by atoms with van der Waals surface area (Å²) in [4.78, 5) is 16.6. The Morgan fingerprint density at radius 3 is 2.93 bits per heavy atom. The van der Waals surface area contributed by atoms with Gasteiger partial charge in [-0.3, -0.25) is 4.79 Å². The Labute approximate surface area is 181 Å². The zero-order valence-electron chi connectivity index (χ0n) is 16.6. The third-order valence-corrected chi connectivity index (χ3v) is 5.41. The van der Waals surface area contributed by atoms with Crippen LogP contribution in [0.3, 0.4) is 0 Å². The Morgan fingerprint density at radius 2 is 2.13 bits per heavy atom. The first-order valence-corrected chi connectivity index (χ1v) is 10.5. The first kappa shape index (κ1) is 20.7. The van der Waals surface area contributed by atoms with Gasteiger partial charge in [-0.2, -0.15) is 9.61 Å². The number of carbonyl (C=O) groups excluding carboxylic acids is 1. The first-order valence-electron chi connectivity index (χ1n) is 10.2. The van der Waals surface area contributed by atoms with Crippen molar-refractivity contribution >= 4 is 42.3 Å². The van der Waals surface area contributed by atoms with Crippen LogP contribution in [0.2, 0.25) is 5.02 Å². The van der Waals surface area contributed by atoms with E-state index in [0.29, 0.717) is 29.3 Å². The number of nitrogens with zero attached hydrogens (tertiary/aromatic N) is 3. The van der Waals surface area contributed by atoms with Crippen molar-refractivity contribution in [2.24, 2.45) is 0 Å². The molecule has 1 aliphatic rings. The average Bonchev–Trinajstić information content (AvgIpc) is 3.41. The first-order chi connectivity index (χ1) is 14.6. The van der Waals surface area contributed by atoms with Crippen LogP contribution >= 0.6 is 11.6 Å². The minimum Gasteiger partial charge on any atom is -0.370 e. The highest BCUT2D eigenvalue weighted by molar-refractivity contribution is 6.36. The fraction of sp³-hybridized carbons (Fsp3) is 0.381. The molecule has 1 saturated heterocycles. The van der Waals surface area contributed by atoms with Gasteiger partial charge < -0.3 is 15.4 Å². The van der Waals surface area contributed by atoms with Crippen molar-refractivity contribution in [3.8, 4) is 11.3 Å². The van der Waals surface area contributed by atoms with Gasteiger partial charge in [-0.05, 0) is 37.2 Å². The molecule has 1 aliphatic heterocycles. The van der Waals surface area contributed by atoms with Crippen molar-refractivity contribution in [2.75, 3.05) is 25.0 Å². The molecule has 3 aromatic rings. The SMILES string of the molecule is [B]c1cnn2c(NCCCCNC(=O)C3CCCO3)cc(-c3ccccc3Cl)nc12. The number of hydrogen-bond donors (Lipinski definition) is 2. The maximum atomic E-state index is 12.0. The highest BCUT2D eigenvalue weighted by atomic mass is 35.5. The second-order valence-electron chi connectivity index (χ2n) is 7.27. The number of benzene rings is 1. The molecule has 0 aliphatic carbocycles. The van der Waals surface area contributed by atoms with E-state index < -0.39 is 0 Å². The van der Waals surface area contributed by atoms with E-state index in [1.807, 2.05) is 30.3 Å². The second-order valence-corrected chi connectivity index (χ2v) is 7.68. The number of amides is 1. The minimum absolute atomic E-state index is 0.00676. The predicted molar refractivity (Wildman–Crippen MR) is 119 cm³/mol. The molecule has 2 aromatic heterocycles. The zero-order chi connectivity index (χ0) is 20.9. The number of carbonyl (C=O) groups is 1. The van der Waals surface area contributed by atoms with E-state index in [1.165, 1.54) is 0 Å². The highest BCUT2D eigenvalue weighted by Gasteiger charge is 2.22. The molecule has 2 N–H and O–H groups in total. The van der Waals surface area contributed by atoms with E-state index in [4.69, 9.17) is 24.2 Å². The maximum Gasteiger partial charge on any atom is 0.249 e. The topological polar surface area (TPSA) is 80.5 Å².